The monoisotopic (exact) mass is 340 g/mol. The van der Waals surface area contributed by atoms with Gasteiger partial charge in [-0.2, -0.15) is 0 Å². The van der Waals surface area contributed by atoms with Crippen molar-refractivity contribution in [2.45, 2.75) is 20.8 Å². The van der Waals surface area contributed by atoms with Crippen LogP contribution in [0.25, 0.3) is 0 Å². The summed E-state index contributed by atoms with van der Waals surface area (Å²) in [6.45, 7) is 9.27. The van der Waals surface area contributed by atoms with Crippen LogP contribution in [-0.4, -0.2) is 18.5 Å². The van der Waals surface area contributed by atoms with Crippen molar-refractivity contribution in [2.24, 2.45) is 0 Å². The molecule has 0 spiro atoms. The predicted molar refractivity (Wildman–Crippen MR) is 94.3 cm³/mol. The summed E-state index contributed by atoms with van der Waals surface area (Å²) in [5.41, 5.74) is 1.69. The fourth-order valence-electron chi connectivity index (χ4n) is 2.23. The van der Waals surface area contributed by atoms with E-state index in [0.29, 0.717) is 40.5 Å². The summed E-state index contributed by atoms with van der Waals surface area (Å²) in [6, 6.07) is 10.1. The normalized spacial score (nSPS) is 10.0. The van der Waals surface area contributed by atoms with Crippen molar-refractivity contribution < 1.29 is 23.8 Å². The van der Waals surface area contributed by atoms with Crippen LogP contribution in [0.2, 0.25) is 0 Å². The van der Waals surface area contributed by atoms with Crippen molar-refractivity contribution in [3.05, 3.63) is 65.7 Å². The Hall–Kier alpha value is -3.08. The number of aryl methyl sites for hydroxylation is 2. The van der Waals surface area contributed by atoms with Gasteiger partial charge >= 0.3 is 11.9 Å². The molecule has 0 N–H and O–H groups in total. The Morgan fingerprint density at radius 1 is 1.04 bits per heavy atom. The van der Waals surface area contributed by atoms with Crippen LogP contribution < -0.4 is 14.2 Å². The van der Waals surface area contributed by atoms with E-state index in [9.17, 15) is 9.59 Å². The number of hydrogen-bond donors (Lipinski definition) is 0. The molecule has 0 radical (unpaired) electrons. The molecule has 0 unspecified atom stereocenters. The molecule has 0 saturated carbocycles. The standard InChI is InChI=1S/C20H20O5/c1-5-19(21)25-18-11-13(3)17(10-14(18)4)20(22)24-16-9-7-8-15(12-16)23-6-2/h5,7-12H,1,6H2,2-4H3. The molecule has 2 aromatic carbocycles. The van der Waals surface area contributed by atoms with Crippen LogP contribution in [0.5, 0.6) is 17.2 Å². The van der Waals surface area contributed by atoms with Crippen LogP contribution in [0.4, 0.5) is 0 Å². The number of rotatable bonds is 6. The van der Waals surface area contributed by atoms with Gasteiger partial charge in [0.2, 0.25) is 0 Å². The van der Waals surface area contributed by atoms with Crippen LogP contribution in [0.3, 0.4) is 0 Å². The van der Waals surface area contributed by atoms with Crippen molar-refractivity contribution in [2.75, 3.05) is 6.61 Å². The highest BCUT2D eigenvalue weighted by molar-refractivity contribution is 5.93. The molecule has 0 heterocycles. The largest absolute Gasteiger partial charge is 0.494 e. The van der Waals surface area contributed by atoms with Crippen molar-refractivity contribution in [3.8, 4) is 17.2 Å². The number of esters is 2. The first-order valence-corrected chi connectivity index (χ1v) is 7.85. The Bertz CT molecular complexity index is 808. The molecule has 0 aliphatic heterocycles. The molecule has 0 amide bonds. The zero-order valence-corrected chi connectivity index (χ0v) is 14.5. The first-order chi connectivity index (χ1) is 11.9. The van der Waals surface area contributed by atoms with E-state index >= 15 is 0 Å². The Labute approximate surface area is 146 Å². The molecule has 5 nitrogen and oxygen atoms in total. The number of carbonyl (C=O) groups is 2. The average Bonchev–Trinajstić information content (AvgIpc) is 2.58. The summed E-state index contributed by atoms with van der Waals surface area (Å²) in [6.07, 6.45) is 1.09. The van der Waals surface area contributed by atoms with E-state index in [1.54, 1.807) is 50.2 Å². The van der Waals surface area contributed by atoms with Gasteiger partial charge in [-0.15, -0.1) is 0 Å². The van der Waals surface area contributed by atoms with Crippen molar-refractivity contribution in [1.82, 2.24) is 0 Å². The van der Waals surface area contributed by atoms with Crippen molar-refractivity contribution in [3.63, 3.8) is 0 Å². The quantitative estimate of drug-likeness (QED) is 0.452. The first kappa shape index (κ1) is 18.3. The third kappa shape index (κ3) is 4.70. The molecule has 5 heteroatoms. The number of benzene rings is 2. The molecular formula is C20H20O5. The predicted octanol–water partition coefficient (Wildman–Crippen LogP) is 4.01. The van der Waals surface area contributed by atoms with E-state index in [1.807, 2.05) is 6.92 Å². The number of hydrogen-bond acceptors (Lipinski definition) is 5. The van der Waals surface area contributed by atoms with Gasteiger partial charge in [-0.1, -0.05) is 12.6 Å². The highest BCUT2D eigenvalue weighted by atomic mass is 16.5. The Kier molecular flexibility index (Phi) is 5.95. The maximum absolute atomic E-state index is 12.5. The van der Waals surface area contributed by atoms with Crippen LogP contribution in [-0.2, 0) is 4.79 Å². The van der Waals surface area contributed by atoms with Gasteiger partial charge in [0.25, 0.3) is 0 Å². The summed E-state index contributed by atoms with van der Waals surface area (Å²) in [5.74, 6) is 0.376. The topological polar surface area (TPSA) is 61.8 Å². The summed E-state index contributed by atoms with van der Waals surface area (Å²) in [5, 5.41) is 0. The van der Waals surface area contributed by atoms with Crippen LogP contribution in [0.15, 0.2) is 49.1 Å². The van der Waals surface area contributed by atoms with Gasteiger partial charge in [0.15, 0.2) is 0 Å². The smallest absolute Gasteiger partial charge is 0.343 e. The molecule has 0 bridgehead atoms. The van der Waals surface area contributed by atoms with Crippen molar-refractivity contribution in [1.29, 1.82) is 0 Å². The van der Waals surface area contributed by atoms with E-state index in [-0.39, 0.29) is 0 Å². The molecular weight excluding hydrogens is 320 g/mol. The SMILES string of the molecule is C=CC(=O)Oc1cc(C)c(C(=O)Oc2cccc(OCC)c2)cc1C. The highest BCUT2D eigenvalue weighted by Gasteiger charge is 2.16. The lowest BCUT2D eigenvalue weighted by Crippen LogP contribution is -2.12. The van der Waals surface area contributed by atoms with E-state index in [1.165, 1.54) is 0 Å². The second-order valence-electron chi connectivity index (χ2n) is 5.36. The second kappa shape index (κ2) is 8.15. The van der Waals surface area contributed by atoms with Gasteiger partial charge in [0, 0.05) is 12.1 Å². The fraction of sp³-hybridized carbons (Fsp3) is 0.200. The molecule has 2 rings (SSSR count). The molecule has 0 saturated heterocycles. The zero-order chi connectivity index (χ0) is 18.4. The summed E-state index contributed by atoms with van der Waals surface area (Å²) < 4.78 is 16.0. The van der Waals surface area contributed by atoms with Gasteiger partial charge in [-0.3, -0.25) is 0 Å². The molecule has 130 valence electrons. The number of carbonyl (C=O) groups excluding carboxylic acids is 2. The molecule has 0 aromatic heterocycles. The van der Waals surface area contributed by atoms with Crippen LogP contribution >= 0.6 is 0 Å². The Balaban J connectivity index is 2.22. The minimum absolute atomic E-state index is 0.386. The van der Waals surface area contributed by atoms with E-state index in [0.717, 1.165) is 6.08 Å². The van der Waals surface area contributed by atoms with Crippen LogP contribution in [0.1, 0.15) is 28.4 Å². The Morgan fingerprint density at radius 2 is 1.76 bits per heavy atom. The second-order valence-corrected chi connectivity index (χ2v) is 5.36. The summed E-state index contributed by atoms with van der Waals surface area (Å²) in [4.78, 5) is 23.8. The molecule has 0 fully saturated rings. The average molecular weight is 340 g/mol. The van der Waals surface area contributed by atoms with Gasteiger partial charge in [0.05, 0.1) is 12.2 Å². The third-order valence-electron chi connectivity index (χ3n) is 3.45. The maximum Gasteiger partial charge on any atom is 0.343 e. The molecule has 25 heavy (non-hydrogen) atoms. The van der Waals surface area contributed by atoms with E-state index in [4.69, 9.17) is 14.2 Å². The van der Waals surface area contributed by atoms with Gasteiger partial charge in [0.1, 0.15) is 17.2 Å². The lowest BCUT2D eigenvalue weighted by molar-refractivity contribution is -0.129. The minimum atomic E-state index is -0.550. The van der Waals surface area contributed by atoms with Crippen LogP contribution in [0, 0.1) is 13.8 Å². The first-order valence-electron chi connectivity index (χ1n) is 7.85. The lowest BCUT2D eigenvalue weighted by atomic mass is 10.0. The third-order valence-corrected chi connectivity index (χ3v) is 3.45. The van der Waals surface area contributed by atoms with E-state index < -0.39 is 11.9 Å². The van der Waals surface area contributed by atoms with Gasteiger partial charge in [-0.25, -0.2) is 9.59 Å². The maximum atomic E-state index is 12.5. The molecule has 0 aliphatic rings. The molecule has 0 atom stereocenters. The van der Waals surface area contributed by atoms with Crippen molar-refractivity contribution >= 4 is 11.9 Å². The molecule has 2 aromatic rings. The van der Waals surface area contributed by atoms with Gasteiger partial charge in [-0.05, 0) is 56.2 Å². The molecule has 0 aliphatic carbocycles. The highest BCUT2D eigenvalue weighted by Crippen LogP contribution is 2.25. The van der Waals surface area contributed by atoms with E-state index in [2.05, 4.69) is 6.58 Å². The van der Waals surface area contributed by atoms with Gasteiger partial charge < -0.3 is 14.2 Å². The Morgan fingerprint density at radius 3 is 2.44 bits per heavy atom. The minimum Gasteiger partial charge on any atom is -0.494 e. The zero-order valence-electron chi connectivity index (χ0n) is 14.5. The summed E-state index contributed by atoms with van der Waals surface area (Å²) in [7, 11) is 0. The number of ether oxygens (including phenoxy) is 3. The lowest BCUT2D eigenvalue weighted by Gasteiger charge is -2.12. The summed E-state index contributed by atoms with van der Waals surface area (Å²) >= 11 is 0. The fourth-order valence-corrected chi connectivity index (χ4v) is 2.23.